The molecule has 0 aromatic carbocycles. The molecule has 0 bridgehead atoms. The summed E-state index contributed by atoms with van der Waals surface area (Å²) in [7, 11) is -2.59. The van der Waals surface area contributed by atoms with Crippen LogP contribution in [-0.2, 0) is 17.1 Å². The Morgan fingerprint density at radius 2 is 2.24 bits per heavy atom. The minimum atomic E-state index is -4.05. The molecule has 17 heavy (non-hydrogen) atoms. The van der Waals surface area contributed by atoms with Crippen LogP contribution in [0.2, 0.25) is 0 Å². The van der Waals surface area contributed by atoms with Gasteiger partial charge in [-0.15, -0.1) is 0 Å². The van der Waals surface area contributed by atoms with Crippen LogP contribution < -0.4 is 10.5 Å². The number of aliphatic hydroxyl groups excluding tert-OH is 1. The maximum Gasteiger partial charge on any atom is 0.265 e. The number of aryl methyl sites for hydroxylation is 1. The van der Waals surface area contributed by atoms with Crippen molar-refractivity contribution >= 4 is 15.8 Å². The van der Waals surface area contributed by atoms with Gasteiger partial charge < -0.3 is 10.8 Å². The van der Waals surface area contributed by atoms with Crippen LogP contribution in [0.25, 0.3) is 0 Å². The van der Waals surface area contributed by atoms with Crippen LogP contribution in [0.5, 0.6) is 0 Å². The van der Waals surface area contributed by atoms with Gasteiger partial charge in [0.05, 0.1) is 0 Å². The van der Waals surface area contributed by atoms with E-state index in [0.29, 0.717) is 0 Å². The van der Waals surface area contributed by atoms with Crippen molar-refractivity contribution in [2.45, 2.75) is 17.4 Å². The standard InChI is InChI=1S/C7H12F2N4O3S/c1-13-3-5(7(10)12-13)17(15,16)11-2-4(14)6(8)9/h3-4,6,11,14H,2H2,1H3,(H2,10,12). The zero-order chi connectivity index (χ0) is 13.2. The lowest BCUT2D eigenvalue weighted by atomic mass is 10.4. The number of halogens is 2. The predicted molar refractivity (Wildman–Crippen MR) is 54.8 cm³/mol. The minimum Gasteiger partial charge on any atom is -0.386 e. The molecular weight excluding hydrogens is 258 g/mol. The van der Waals surface area contributed by atoms with E-state index in [4.69, 9.17) is 10.8 Å². The highest BCUT2D eigenvalue weighted by molar-refractivity contribution is 7.89. The SMILES string of the molecule is Cn1cc(S(=O)(=O)NCC(O)C(F)F)c(N)n1. The van der Waals surface area contributed by atoms with Gasteiger partial charge in [0.15, 0.2) is 5.82 Å². The van der Waals surface area contributed by atoms with E-state index < -0.39 is 29.1 Å². The van der Waals surface area contributed by atoms with Crippen molar-refractivity contribution in [3.05, 3.63) is 6.20 Å². The second kappa shape index (κ2) is 4.94. The average molecular weight is 270 g/mol. The Bertz CT molecular complexity index is 487. The summed E-state index contributed by atoms with van der Waals surface area (Å²) < 4.78 is 50.1. The number of aromatic nitrogens is 2. The number of sulfonamides is 1. The van der Waals surface area contributed by atoms with Crippen LogP contribution in [-0.4, -0.2) is 42.4 Å². The van der Waals surface area contributed by atoms with Crippen molar-refractivity contribution in [2.24, 2.45) is 7.05 Å². The van der Waals surface area contributed by atoms with Gasteiger partial charge in [-0.1, -0.05) is 0 Å². The molecule has 0 radical (unpaired) electrons. The van der Waals surface area contributed by atoms with E-state index in [0.717, 1.165) is 6.20 Å². The number of rotatable bonds is 5. The molecule has 0 aliphatic rings. The van der Waals surface area contributed by atoms with Gasteiger partial charge in [0, 0.05) is 19.8 Å². The first kappa shape index (κ1) is 13.8. The fourth-order valence-corrected chi connectivity index (χ4v) is 2.21. The number of nitrogens with two attached hydrogens (primary N) is 1. The molecule has 1 atom stereocenters. The number of alkyl halides is 2. The summed E-state index contributed by atoms with van der Waals surface area (Å²) in [5, 5.41) is 12.4. The van der Waals surface area contributed by atoms with Crippen molar-refractivity contribution in [1.29, 1.82) is 0 Å². The Morgan fingerprint density at radius 1 is 1.65 bits per heavy atom. The van der Waals surface area contributed by atoms with E-state index in [1.807, 2.05) is 4.72 Å². The maximum atomic E-state index is 12.0. The summed E-state index contributed by atoms with van der Waals surface area (Å²) >= 11 is 0. The molecule has 0 aliphatic carbocycles. The number of nitrogens with zero attached hydrogens (tertiary/aromatic N) is 2. The average Bonchev–Trinajstić information content (AvgIpc) is 2.55. The fraction of sp³-hybridized carbons (Fsp3) is 0.571. The summed E-state index contributed by atoms with van der Waals surface area (Å²) in [6, 6.07) is 0. The van der Waals surface area contributed by atoms with Gasteiger partial charge >= 0.3 is 0 Å². The lowest BCUT2D eigenvalue weighted by Crippen LogP contribution is -2.35. The Morgan fingerprint density at radius 3 is 2.65 bits per heavy atom. The quantitative estimate of drug-likeness (QED) is 0.629. The smallest absolute Gasteiger partial charge is 0.265 e. The minimum absolute atomic E-state index is 0.244. The molecule has 0 spiro atoms. The normalized spacial score (nSPS) is 14.2. The Balaban J connectivity index is 2.80. The number of nitrogens with one attached hydrogen (secondary N) is 1. The molecule has 0 aliphatic heterocycles. The first-order valence-corrected chi connectivity index (χ1v) is 5.97. The lowest BCUT2D eigenvalue weighted by Gasteiger charge is -2.10. The van der Waals surface area contributed by atoms with Crippen LogP contribution in [0, 0.1) is 0 Å². The second-order valence-electron chi connectivity index (χ2n) is 3.31. The van der Waals surface area contributed by atoms with Crippen LogP contribution in [0.3, 0.4) is 0 Å². The van der Waals surface area contributed by atoms with Crippen LogP contribution >= 0.6 is 0 Å². The summed E-state index contributed by atoms with van der Waals surface area (Å²) in [5.41, 5.74) is 5.33. The number of hydrogen-bond donors (Lipinski definition) is 3. The molecule has 1 aromatic heterocycles. The van der Waals surface area contributed by atoms with Gasteiger partial charge in [0.1, 0.15) is 11.0 Å². The van der Waals surface area contributed by atoms with Crippen LogP contribution in [0.1, 0.15) is 0 Å². The molecule has 10 heteroatoms. The van der Waals surface area contributed by atoms with Crippen molar-refractivity contribution in [3.63, 3.8) is 0 Å². The highest BCUT2D eigenvalue weighted by Crippen LogP contribution is 2.15. The van der Waals surface area contributed by atoms with E-state index in [2.05, 4.69) is 5.10 Å². The van der Waals surface area contributed by atoms with Gasteiger partial charge in [-0.2, -0.15) is 5.10 Å². The molecule has 1 rings (SSSR count). The molecule has 7 nitrogen and oxygen atoms in total. The molecule has 1 heterocycles. The maximum absolute atomic E-state index is 12.0. The third-order valence-electron chi connectivity index (χ3n) is 1.88. The van der Waals surface area contributed by atoms with E-state index in [9.17, 15) is 17.2 Å². The first-order chi connectivity index (χ1) is 7.74. The largest absolute Gasteiger partial charge is 0.386 e. The molecule has 1 unspecified atom stereocenters. The zero-order valence-corrected chi connectivity index (χ0v) is 9.66. The fourth-order valence-electron chi connectivity index (χ4n) is 1.05. The Kier molecular flexibility index (Phi) is 4.01. The van der Waals surface area contributed by atoms with Crippen molar-refractivity contribution < 1.29 is 22.3 Å². The summed E-state index contributed by atoms with van der Waals surface area (Å²) in [6.07, 6.45) is -3.96. The third-order valence-corrected chi connectivity index (χ3v) is 3.33. The van der Waals surface area contributed by atoms with E-state index in [1.54, 1.807) is 0 Å². The third kappa shape index (κ3) is 3.35. The molecule has 0 amide bonds. The molecule has 1 aromatic rings. The molecule has 98 valence electrons. The van der Waals surface area contributed by atoms with Crippen molar-refractivity contribution in [3.8, 4) is 0 Å². The van der Waals surface area contributed by atoms with Gasteiger partial charge in [-0.05, 0) is 0 Å². The number of aliphatic hydroxyl groups is 1. The van der Waals surface area contributed by atoms with Gasteiger partial charge in [0.25, 0.3) is 6.43 Å². The Hall–Kier alpha value is -1.26. The van der Waals surface area contributed by atoms with E-state index >= 15 is 0 Å². The Labute approximate surface area is 96.3 Å². The van der Waals surface area contributed by atoms with Crippen molar-refractivity contribution in [1.82, 2.24) is 14.5 Å². The zero-order valence-electron chi connectivity index (χ0n) is 8.84. The van der Waals surface area contributed by atoms with Gasteiger partial charge in [0.2, 0.25) is 10.0 Å². The molecule has 4 N–H and O–H groups in total. The summed E-state index contributed by atoms with van der Waals surface area (Å²) in [5.74, 6) is -0.244. The molecule has 0 fully saturated rings. The number of nitrogen functional groups attached to an aromatic ring is 1. The van der Waals surface area contributed by atoms with Crippen LogP contribution in [0.4, 0.5) is 14.6 Å². The number of anilines is 1. The van der Waals surface area contributed by atoms with E-state index in [1.165, 1.54) is 11.7 Å². The molecule has 0 saturated heterocycles. The first-order valence-electron chi connectivity index (χ1n) is 4.49. The monoisotopic (exact) mass is 270 g/mol. The molecular formula is C7H12F2N4O3S. The predicted octanol–water partition coefficient (Wildman–Crippen LogP) is -1.09. The summed E-state index contributed by atoms with van der Waals surface area (Å²) in [4.78, 5) is -0.318. The molecule has 0 saturated carbocycles. The van der Waals surface area contributed by atoms with Crippen molar-refractivity contribution in [2.75, 3.05) is 12.3 Å². The van der Waals surface area contributed by atoms with Gasteiger partial charge in [-0.25, -0.2) is 21.9 Å². The van der Waals surface area contributed by atoms with E-state index in [-0.39, 0.29) is 10.7 Å². The van der Waals surface area contributed by atoms with Gasteiger partial charge in [-0.3, -0.25) is 4.68 Å². The second-order valence-corrected chi connectivity index (χ2v) is 5.04. The van der Waals surface area contributed by atoms with Crippen LogP contribution in [0.15, 0.2) is 11.1 Å². The highest BCUT2D eigenvalue weighted by Gasteiger charge is 2.24. The lowest BCUT2D eigenvalue weighted by molar-refractivity contribution is -0.000450. The number of hydrogen-bond acceptors (Lipinski definition) is 5. The summed E-state index contributed by atoms with van der Waals surface area (Å²) in [6.45, 7) is -0.797. The highest BCUT2D eigenvalue weighted by atomic mass is 32.2. The topological polar surface area (TPSA) is 110 Å².